The summed E-state index contributed by atoms with van der Waals surface area (Å²) >= 11 is 6.22. The third-order valence-corrected chi connectivity index (χ3v) is 5.74. The standard InChI is InChI=1S/C23H26ClNO5/c1-5-29-22(27)17-12(3)10-16-20(21(17)26)19(14-8-7-9-15(24)11-14)18(13(4)25-16)23(28)30-6-2/h7-9,11-12,17,19,25H,5-6,10H2,1-4H3. The second-order valence-corrected chi connectivity index (χ2v) is 7.98. The second kappa shape index (κ2) is 9.04. The molecule has 7 heteroatoms. The van der Waals surface area contributed by atoms with E-state index >= 15 is 0 Å². The number of rotatable bonds is 5. The van der Waals surface area contributed by atoms with Crippen LogP contribution < -0.4 is 5.32 Å². The highest BCUT2D eigenvalue weighted by molar-refractivity contribution is 6.30. The van der Waals surface area contributed by atoms with Crippen LogP contribution in [0.5, 0.6) is 0 Å². The van der Waals surface area contributed by atoms with E-state index in [4.69, 9.17) is 21.1 Å². The number of halogens is 1. The number of nitrogens with one attached hydrogen (secondary N) is 1. The lowest BCUT2D eigenvalue weighted by molar-refractivity contribution is -0.153. The van der Waals surface area contributed by atoms with Gasteiger partial charge in [0.05, 0.1) is 18.8 Å². The molecule has 1 aliphatic heterocycles. The molecule has 0 saturated heterocycles. The van der Waals surface area contributed by atoms with Crippen molar-refractivity contribution in [3.8, 4) is 0 Å². The summed E-state index contributed by atoms with van der Waals surface area (Å²) in [6.45, 7) is 7.50. The lowest BCUT2D eigenvalue weighted by atomic mass is 9.69. The molecule has 1 N–H and O–H groups in total. The summed E-state index contributed by atoms with van der Waals surface area (Å²) in [5.41, 5.74) is 2.81. The van der Waals surface area contributed by atoms with Crippen LogP contribution >= 0.6 is 11.6 Å². The second-order valence-electron chi connectivity index (χ2n) is 7.54. The zero-order valence-corrected chi connectivity index (χ0v) is 18.3. The molecule has 3 rings (SSSR count). The number of hydrogen-bond acceptors (Lipinski definition) is 6. The van der Waals surface area contributed by atoms with E-state index in [0.29, 0.717) is 33.9 Å². The van der Waals surface area contributed by atoms with Crippen LogP contribution in [0, 0.1) is 11.8 Å². The average molecular weight is 432 g/mol. The van der Waals surface area contributed by atoms with Gasteiger partial charge < -0.3 is 14.8 Å². The molecular weight excluding hydrogens is 406 g/mol. The van der Waals surface area contributed by atoms with Crippen molar-refractivity contribution in [2.24, 2.45) is 11.8 Å². The van der Waals surface area contributed by atoms with E-state index in [1.807, 2.05) is 13.0 Å². The average Bonchev–Trinajstić information content (AvgIpc) is 2.67. The van der Waals surface area contributed by atoms with Gasteiger partial charge in [-0.2, -0.15) is 0 Å². The van der Waals surface area contributed by atoms with Crippen LogP contribution in [0.4, 0.5) is 0 Å². The number of benzene rings is 1. The quantitative estimate of drug-likeness (QED) is 0.562. The van der Waals surface area contributed by atoms with Crippen LogP contribution in [0.3, 0.4) is 0 Å². The maximum atomic E-state index is 13.6. The molecule has 160 valence electrons. The van der Waals surface area contributed by atoms with E-state index < -0.39 is 23.8 Å². The summed E-state index contributed by atoms with van der Waals surface area (Å²) in [4.78, 5) is 39.0. The van der Waals surface area contributed by atoms with Gasteiger partial charge in [0.15, 0.2) is 5.78 Å². The number of allylic oxidation sites excluding steroid dienone is 3. The fourth-order valence-corrected chi connectivity index (χ4v) is 4.48. The fraction of sp³-hybridized carbons (Fsp3) is 0.435. The van der Waals surface area contributed by atoms with Gasteiger partial charge >= 0.3 is 11.9 Å². The Morgan fingerprint density at radius 3 is 2.53 bits per heavy atom. The van der Waals surface area contributed by atoms with E-state index in [1.165, 1.54) is 0 Å². The van der Waals surface area contributed by atoms with E-state index in [-0.39, 0.29) is 24.9 Å². The SMILES string of the molecule is CCOC(=O)C1=C(C)NC2=C(C(=O)C(C(=O)OCC)C(C)C2)C1c1cccc(Cl)c1. The summed E-state index contributed by atoms with van der Waals surface area (Å²) in [6, 6.07) is 7.06. The Labute approximate surface area is 181 Å². The summed E-state index contributed by atoms with van der Waals surface area (Å²) in [7, 11) is 0. The van der Waals surface area contributed by atoms with Crippen LogP contribution in [0.15, 0.2) is 46.8 Å². The van der Waals surface area contributed by atoms with Crippen LogP contribution in [0.1, 0.15) is 45.6 Å². The molecular formula is C23H26ClNO5. The molecule has 0 amide bonds. The van der Waals surface area contributed by atoms with Crippen molar-refractivity contribution >= 4 is 29.3 Å². The van der Waals surface area contributed by atoms with Gasteiger partial charge in [0.25, 0.3) is 0 Å². The molecule has 6 nitrogen and oxygen atoms in total. The number of ether oxygens (including phenoxy) is 2. The number of esters is 2. The first kappa shape index (κ1) is 22.1. The van der Waals surface area contributed by atoms with Crippen molar-refractivity contribution in [1.82, 2.24) is 5.32 Å². The molecule has 2 aliphatic rings. The Kier molecular flexibility index (Phi) is 6.66. The largest absolute Gasteiger partial charge is 0.465 e. The maximum Gasteiger partial charge on any atom is 0.336 e. The highest BCUT2D eigenvalue weighted by Gasteiger charge is 2.47. The topological polar surface area (TPSA) is 81.7 Å². The van der Waals surface area contributed by atoms with E-state index in [9.17, 15) is 14.4 Å². The fourth-order valence-electron chi connectivity index (χ4n) is 4.28. The normalized spacial score (nSPS) is 23.6. The van der Waals surface area contributed by atoms with Crippen molar-refractivity contribution in [2.45, 2.75) is 40.0 Å². The minimum atomic E-state index is -0.908. The van der Waals surface area contributed by atoms with Gasteiger partial charge in [-0.25, -0.2) is 4.79 Å². The highest BCUT2D eigenvalue weighted by Crippen LogP contribution is 2.45. The third kappa shape index (κ3) is 4.01. The molecule has 1 heterocycles. The summed E-state index contributed by atoms with van der Waals surface area (Å²) in [5, 5.41) is 3.72. The van der Waals surface area contributed by atoms with Gasteiger partial charge in [-0.1, -0.05) is 30.7 Å². The van der Waals surface area contributed by atoms with E-state index in [0.717, 1.165) is 5.70 Å². The molecule has 0 radical (unpaired) electrons. The maximum absolute atomic E-state index is 13.6. The monoisotopic (exact) mass is 431 g/mol. The van der Waals surface area contributed by atoms with Gasteiger partial charge in [-0.3, -0.25) is 9.59 Å². The molecule has 1 aromatic carbocycles. The predicted octanol–water partition coefficient (Wildman–Crippen LogP) is 3.91. The molecule has 3 atom stereocenters. The first-order chi connectivity index (χ1) is 14.3. The van der Waals surface area contributed by atoms with E-state index in [1.54, 1.807) is 39.0 Å². The van der Waals surface area contributed by atoms with Crippen molar-refractivity contribution in [1.29, 1.82) is 0 Å². The number of carbonyl (C=O) groups is 3. The lowest BCUT2D eigenvalue weighted by Crippen LogP contribution is -2.43. The smallest absolute Gasteiger partial charge is 0.336 e. The predicted molar refractivity (Wildman–Crippen MR) is 113 cm³/mol. The molecule has 3 unspecified atom stereocenters. The molecule has 0 aromatic heterocycles. The Balaban J connectivity index is 2.17. The number of dihydropyridines is 1. The van der Waals surface area contributed by atoms with E-state index in [2.05, 4.69) is 5.32 Å². The first-order valence-electron chi connectivity index (χ1n) is 10.1. The number of hydrogen-bond donors (Lipinski definition) is 1. The number of carbonyl (C=O) groups excluding carboxylic acids is 3. The van der Waals surface area contributed by atoms with Crippen LogP contribution in [-0.2, 0) is 23.9 Å². The Morgan fingerprint density at radius 1 is 1.20 bits per heavy atom. The molecule has 0 fully saturated rings. The minimum Gasteiger partial charge on any atom is -0.465 e. The minimum absolute atomic E-state index is 0.199. The summed E-state index contributed by atoms with van der Waals surface area (Å²) in [5.74, 6) is -3.16. The van der Waals surface area contributed by atoms with Crippen LogP contribution in [0.25, 0.3) is 0 Å². The number of Topliss-reactive ketones (excluding diaryl/α,β-unsaturated/α-hetero) is 1. The molecule has 30 heavy (non-hydrogen) atoms. The molecule has 1 aliphatic carbocycles. The third-order valence-electron chi connectivity index (χ3n) is 5.51. The van der Waals surface area contributed by atoms with Crippen LogP contribution in [0.2, 0.25) is 5.02 Å². The first-order valence-corrected chi connectivity index (χ1v) is 10.5. The van der Waals surface area contributed by atoms with Crippen molar-refractivity contribution in [3.63, 3.8) is 0 Å². The van der Waals surface area contributed by atoms with Crippen LogP contribution in [-0.4, -0.2) is 30.9 Å². The Morgan fingerprint density at radius 2 is 1.90 bits per heavy atom. The molecule has 1 aromatic rings. The highest BCUT2D eigenvalue weighted by atomic mass is 35.5. The molecule has 0 spiro atoms. The van der Waals surface area contributed by atoms with Gasteiger partial charge in [0.2, 0.25) is 0 Å². The van der Waals surface area contributed by atoms with Gasteiger partial charge in [0.1, 0.15) is 5.92 Å². The zero-order valence-electron chi connectivity index (χ0n) is 17.6. The van der Waals surface area contributed by atoms with Gasteiger partial charge in [-0.05, 0) is 50.8 Å². The summed E-state index contributed by atoms with van der Waals surface area (Å²) < 4.78 is 10.5. The van der Waals surface area contributed by atoms with Crippen molar-refractivity contribution < 1.29 is 23.9 Å². The van der Waals surface area contributed by atoms with Crippen molar-refractivity contribution in [2.75, 3.05) is 13.2 Å². The number of ketones is 1. The lowest BCUT2D eigenvalue weighted by Gasteiger charge is -2.38. The zero-order chi connectivity index (χ0) is 22.0. The van der Waals surface area contributed by atoms with Crippen molar-refractivity contribution in [3.05, 3.63) is 57.4 Å². The molecule has 0 saturated carbocycles. The van der Waals surface area contributed by atoms with Gasteiger partial charge in [0, 0.05) is 27.9 Å². The summed E-state index contributed by atoms with van der Waals surface area (Å²) in [6.07, 6.45) is 0.495. The van der Waals surface area contributed by atoms with Gasteiger partial charge in [-0.15, -0.1) is 0 Å². The molecule has 0 bridgehead atoms. The Hall–Kier alpha value is -2.60. The Bertz CT molecular complexity index is 949.